The Hall–Kier alpha value is -2.50. The molecule has 0 saturated carbocycles. The third-order valence-electron chi connectivity index (χ3n) is 1.86. The van der Waals surface area contributed by atoms with Gasteiger partial charge in [-0.1, -0.05) is 18.2 Å². The van der Waals surface area contributed by atoms with Crippen LogP contribution in [0.1, 0.15) is 5.56 Å². The molecule has 0 atom stereocenters. The standard InChI is InChI=1S/C12H12FN3O2/c1-2-7-14-11(17)12(18)16-15-8-9-3-5-10(13)6-4-9/h2-6,8H,1,7H2,(H,14,17)(H,16,18)/b15-8+. The molecule has 0 saturated heterocycles. The zero-order valence-corrected chi connectivity index (χ0v) is 9.52. The van der Waals surface area contributed by atoms with Gasteiger partial charge in [0.1, 0.15) is 5.82 Å². The maximum absolute atomic E-state index is 12.6. The number of halogens is 1. The lowest BCUT2D eigenvalue weighted by atomic mass is 10.2. The van der Waals surface area contributed by atoms with Crippen LogP contribution in [-0.4, -0.2) is 24.6 Å². The van der Waals surface area contributed by atoms with Gasteiger partial charge in [0, 0.05) is 6.54 Å². The number of hydrogen-bond donors (Lipinski definition) is 2. The van der Waals surface area contributed by atoms with E-state index in [0.29, 0.717) is 5.56 Å². The number of benzene rings is 1. The lowest BCUT2D eigenvalue weighted by Gasteiger charge is -1.99. The molecular formula is C12H12FN3O2. The van der Waals surface area contributed by atoms with Gasteiger partial charge >= 0.3 is 11.8 Å². The van der Waals surface area contributed by atoms with Crippen molar-refractivity contribution in [2.24, 2.45) is 5.10 Å². The molecule has 6 heteroatoms. The van der Waals surface area contributed by atoms with Crippen molar-refractivity contribution in [2.75, 3.05) is 6.54 Å². The summed E-state index contributed by atoms with van der Waals surface area (Å²) < 4.78 is 12.6. The van der Waals surface area contributed by atoms with E-state index in [-0.39, 0.29) is 12.4 Å². The molecule has 2 N–H and O–H groups in total. The third-order valence-corrected chi connectivity index (χ3v) is 1.86. The largest absolute Gasteiger partial charge is 0.344 e. The smallest absolute Gasteiger partial charge is 0.329 e. The predicted octanol–water partition coefficient (Wildman–Crippen LogP) is 0.578. The first kappa shape index (κ1) is 13.6. The highest BCUT2D eigenvalue weighted by Gasteiger charge is 2.10. The number of rotatable bonds is 4. The SMILES string of the molecule is C=CCNC(=O)C(=O)N/N=C/c1ccc(F)cc1. The number of amides is 2. The van der Waals surface area contributed by atoms with Gasteiger partial charge in [-0.15, -0.1) is 6.58 Å². The topological polar surface area (TPSA) is 70.6 Å². The molecule has 0 radical (unpaired) electrons. The molecular weight excluding hydrogens is 237 g/mol. The average Bonchev–Trinajstić information content (AvgIpc) is 2.38. The molecule has 0 heterocycles. The lowest BCUT2D eigenvalue weighted by Crippen LogP contribution is -2.37. The van der Waals surface area contributed by atoms with Crippen molar-refractivity contribution in [3.63, 3.8) is 0 Å². The van der Waals surface area contributed by atoms with E-state index in [1.54, 1.807) is 0 Å². The van der Waals surface area contributed by atoms with E-state index in [1.807, 2.05) is 5.43 Å². The summed E-state index contributed by atoms with van der Waals surface area (Å²) in [6.45, 7) is 3.60. The Balaban J connectivity index is 2.44. The summed E-state index contributed by atoms with van der Waals surface area (Å²) in [4.78, 5) is 22.3. The minimum atomic E-state index is -0.879. The predicted molar refractivity (Wildman–Crippen MR) is 65.3 cm³/mol. The number of nitrogens with zero attached hydrogens (tertiary/aromatic N) is 1. The van der Waals surface area contributed by atoms with Gasteiger partial charge in [-0.2, -0.15) is 5.10 Å². The molecule has 0 aliphatic heterocycles. The fourth-order valence-corrected chi connectivity index (χ4v) is 1.01. The van der Waals surface area contributed by atoms with E-state index in [0.717, 1.165) is 0 Å². The van der Waals surface area contributed by atoms with Crippen LogP contribution < -0.4 is 10.7 Å². The van der Waals surface area contributed by atoms with Crippen molar-refractivity contribution in [3.8, 4) is 0 Å². The molecule has 94 valence electrons. The molecule has 18 heavy (non-hydrogen) atoms. The summed E-state index contributed by atoms with van der Waals surface area (Å²) in [7, 11) is 0. The van der Waals surface area contributed by atoms with Crippen LogP contribution in [0.4, 0.5) is 4.39 Å². The van der Waals surface area contributed by atoms with E-state index in [4.69, 9.17) is 0 Å². The Morgan fingerprint density at radius 1 is 1.28 bits per heavy atom. The molecule has 5 nitrogen and oxygen atoms in total. The fourth-order valence-electron chi connectivity index (χ4n) is 1.01. The van der Waals surface area contributed by atoms with Gasteiger partial charge in [0.05, 0.1) is 6.21 Å². The van der Waals surface area contributed by atoms with Crippen LogP contribution in [0.15, 0.2) is 42.0 Å². The highest BCUT2D eigenvalue weighted by molar-refractivity contribution is 6.35. The normalized spacial score (nSPS) is 10.1. The number of carbonyl (C=O) groups is 2. The maximum atomic E-state index is 12.6. The Bertz CT molecular complexity index is 469. The Morgan fingerprint density at radius 2 is 1.94 bits per heavy atom. The van der Waals surface area contributed by atoms with Gasteiger partial charge in [-0.25, -0.2) is 9.82 Å². The molecule has 0 aliphatic carbocycles. The molecule has 1 rings (SSSR count). The van der Waals surface area contributed by atoms with Gasteiger partial charge < -0.3 is 5.32 Å². The van der Waals surface area contributed by atoms with Crippen molar-refractivity contribution < 1.29 is 14.0 Å². The van der Waals surface area contributed by atoms with Gasteiger partial charge in [0.15, 0.2) is 0 Å². The minimum Gasteiger partial charge on any atom is -0.344 e. The quantitative estimate of drug-likeness (QED) is 0.354. The zero-order valence-electron chi connectivity index (χ0n) is 9.52. The second-order valence-corrected chi connectivity index (χ2v) is 3.25. The van der Waals surface area contributed by atoms with Crippen LogP contribution in [-0.2, 0) is 9.59 Å². The first-order valence-corrected chi connectivity index (χ1v) is 5.11. The van der Waals surface area contributed by atoms with Crippen molar-refractivity contribution >= 4 is 18.0 Å². The Labute approximate surface area is 103 Å². The van der Waals surface area contributed by atoms with E-state index in [1.165, 1.54) is 36.6 Å². The summed E-state index contributed by atoms with van der Waals surface area (Å²) in [6, 6.07) is 5.51. The van der Waals surface area contributed by atoms with Crippen molar-refractivity contribution in [2.45, 2.75) is 0 Å². The first-order chi connectivity index (χ1) is 8.63. The monoisotopic (exact) mass is 249 g/mol. The molecule has 2 amide bonds. The van der Waals surface area contributed by atoms with Crippen LogP contribution in [0.3, 0.4) is 0 Å². The highest BCUT2D eigenvalue weighted by atomic mass is 19.1. The van der Waals surface area contributed by atoms with E-state index >= 15 is 0 Å². The first-order valence-electron chi connectivity index (χ1n) is 5.11. The fraction of sp³-hybridized carbons (Fsp3) is 0.0833. The molecule has 0 aliphatic rings. The molecule has 0 bridgehead atoms. The molecule has 0 fully saturated rings. The van der Waals surface area contributed by atoms with Crippen molar-refractivity contribution in [1.29, 1.82) is 0 Å². The third kappa shape index (κ3) is 4.56. The molecule has 1 aromatic rings. The molecule has 1 aromatic carbocycles. The lowest BCUT2D eigenvalue weighted by molar-refractivity contribution is -0.139. The van der Waals surface area contributed by atoms with Gasteiger partial charge in [0.25, 0.3) is 0 Å². The minimum absolute atomic E-state index is 0.202. The summed E-state index contributed by atoms with van der Waals surface area (Å²) >= 11 is 0. The summed E-state index contributed by atoms with van der Waals surface area (Å²) in [5.41, 5.74) is 2.65. The highest BCUT2D eigenvalue weighted by Crippen LogP contribution is 1.99. The zero-order chi connectivity index (χ0) is 13.4. The second kappa shape index (κ2) is 6.95. The van der Waals surface area contributed by atoms with Crippen molar-refractivity contribution in [1.82, 2.24) is 10.7 Å². The molecule has 0 spiro atoms. The number of carbonyl (C=O) groups excluding carboxylic acids is 2. The van der Waals surface area contributed by atoms with Gasteiger partial charge in [0.2, 0.25) is 0 Å². The van der Waals surface area contributed by atoms with Crippen LogP contribution in [0, 0.1) is 5.82 Å². The van der Waals surface area contributed by atoms with Crippen LogP contribution in [0.2, 0.25) is 0 Å². The van der Waals surface area contributed by atoms with E-state index in [9.17, 15) is 14.0 Å². The second-order valence-electron chi connectivity index (χ2n) is 3.25. The number of hydrogen-bond acceptors (Lipinski definition) is 3. The van der Waals surface area contributed by atoms with Crippen LogP contribution in [0.25, 0.3) is 0 Å². The Kier molecular flexibility index (Phi) is 5.24. The molecule has 0 aromatic heterocycles. The summed E-state index contributed by atoms with van der Waals surface area (Å²) in [5.74, 6) is -2.04. The van der Waals surface area contributed by atoms with Crippen LogP contribution >= 0.6 is 0 Å². The average molecular weight is 249 g/mol. The Morgan fingerprint density at radius 3 is 2.56 bits per heavy atom. The number of hydrazone groups is 1. The van der Waals surface area contributed by atoms with Gasteiger partial charge in [-0.3, -0.25) is 9.59 Å². The maximum Gasteiger partial charge on any atom is 0.329 e. The van der Waals surface area contributed by atoms with E-state index < -0.39 is 11.8 Å². The van der Waals surface area contributed by atoms with Crippen LogP contribution in [0.5, 0.6) is 0 Å². The van der Waals surface area contributed by atoms with E-state index in [2.05, 4.69) is 17.0 Å². The van der Waals surface area contributed by atoms with Crippen molar-refractivity contribution in [3.05, 3.63) is 48.3 Å². The summed E-state index contributed by atoms with van der Waals surface area (Å²) in [6.07, 6.45) is 2.76. The van der Waals surface area contributed by atoms with Gasteiger partial charge in [-0.05, 0) is 17.7 Å². The molecule has 0 unspecified atom stereocenters. The number of nitrogens with one attached hydrogen (secondary N) is 2. The summed E-state index contributed by atoms with van der Waals surface area (Å²) in [5, 5.41) is 5.86.